The number of hydroxylamine groups is 1. The van der Waals surface area contributed by atoms with Crippen molar-refractivity contribution in [2.24, 2.45) is 0 Å². The number of ether oxygens (including phenoxy) is 1. The Kier molecular flexibility index (Phi) is 7.42. The first-order valence-corrected chi connectivity index (χ1v) is 6.98. The molecule has 0 bridgehead atoms. The van der Waals surface area contributed by atoms with Crippen molar-refractivity contribution in [2.45, 2.75) is 45.1 Å². The Morgan fingerprint density at radius 2 is 1.90 bits per heavy atom. The highest BCUT2D eigenvalue weighted by Crippen LogP contribution is 2.12. The van der Waals surface area contributed by atoms with E-state index in [0.717, 1.165) is 18.4 Å². The number of hydrogen-bond donors (Lipinski definition) is 3. The quantitative estimate of drug-likeness (QED) is 0.293. The molecule has 1 unspecified atom stereocenters. The van der Waals surface area contributed by atoms with Crippen molar-refractivity contribution < 1.29 is 24.6 Å². The number of esters is 2. The van der Waals surface area contributed by atoms with Gasteiger partial charge in [-0.25, -0.2) is 4.79 Å². The highest BCUT2D eigenvalue weighted by Gasteiger charge is 2.22. The van der Waals surface area contributed by atoms with E-state index in [-0.39, 0.29) is 18.6 Å². The lowest BCUT2D eigenvalue weighted by molar-refractivity contribution is -0.162. The summed E-state index contributed by atoms with van der Waals surface area (Å²) >= 11 is 0. The van der Waals surface area contributed by atoms with E-state index >= 15 is 0 Å². The molecule has 6 nitrogen and oxygen atoms in total. The Balaban J connectivity index is 2.49. The molecule has 0 saturated carbocycles. The lowest BCUT2D eigenvalue weighted by atomic mass is 10.1. The maximum Gasteiger partial charge on any atom is 0.333 e. The number of nitrogens with one attached hydrogen (secondary N) is 1. The monoisotopic (exact) mass is 295 g/mol. The second-order valence-electron chi connectivity index (χ2n) is 4.80. The average Bonchev–Trinajstić information content (AvgIpc) is 2.46. The first-order valence-electron chi connectivity index (χ1n) is 6.98. The molecule has 0 fully saturated rings. The molecule has 0 aliphatic rings. The van der Waals surface area contributed by atoms with Gasteiger partial charge < -0.3 is 15.1 Å². The van der Waals surface area contributed by atoms with Crippen LogP contribution in [0.2, 0.25) is 0 Å². The van der Waals surface area contributed by atoms with Crippen LogP contribution in [-0.4, -0.2) is 28.3 Å². The second-order valence-corrected chi connectivity index (χ2v) is 4.80. The molecule has 1 aromatic rings. The third-order valence-corrected chi connectivity index (χ3v) is 3.02. The van der Waals surface area contributed by atoms with Crippen LogP contribution in [0.15, 0.2) is 24.3 Å². The van der Waals surface area contributed by atoms with Crippen LogP contribution in [-0.2, 0) is 20.7 Å². The Morgan fingerprint density at radius 1 is 1.24 bits per heavy atom. The van der Waals surface area contributed by atoms with Gasteiger partial charge in [0.15, 0.2) is 0 Å². The number of phenolic OH excluding ortho intramolecular Hbond substituents is 1. The minimum Gasteiger partial charge on any atom is -0.508 e. The summed E-state index contributed by atoms with van der Waals surface area (Å²) in [7, 11) is 0. The van der Waals surface area contributed by atoms with Crippen LogP contribution in [0.5, 0.6) is 5.75 Å². The zero-order valence-electron chi connectivity index (χ0n) is 12.0. The summed E-state index contributed by atoms with van der Waals surface area (Å²) in [4.78, 5) is 23.2. The number of benzene rings is 1. The molecule has 116 valence electrons. The van der Waals surface area contributed by atoms with Gasteiger partial charge in [0.2, 0.25) is 0 Å². The molecular weight excluding hydrogens is 274 g/mol. The molecule has 0 amide bonds. The van der Waals surface area contributed by atoms with Crippen molar-refractivity contribution >= 4 is 11.9 Å². The van der Waals surface area contributed by atoms with Gasteiger partial charge in [0.25, 0.3) is 0 Å². The number of carbonyl (C=O) groups is 2. The highest BCUT2D eigenvalue weighted by atomic mass is 16.6. The van der Waals surface area contributed by atoms with Gasteiger partial charge in [-0.05, 0) is 24.1 Å². The van der Waals surface area contributed by atoms with Crippen LogP contribution >= 0.6 is 0 Å². The molecule has 0 heterocycles. The maximum atomic E-state index is 11.8. The van der Waals surface area contributed by atoms with Gasteiger partial charge in [0.1, 0.15) is 11.8 Å². The van der Waals surface area contributed by atoms with Crippen molar-refractivity contribution in [1.82, 2.24) is 5.48 Å². The third kappa shape index (κ3) is 6.37. The Hall–Kier alpha value is -1.92. The average molecular weight is 295 g/mol. The Morgan fingerprint density at radius 3 is 2.48 bits per heavy atom. The molecule has 0 spiro atoms. The molecule has 0 aromatic heterocycles. The van der Waals surface area contributed by atoms with E-state index in [0.29, 0.717) is 6.42 Å². The first kappa shape index (κ1) is 17.1. The van der Waals surface area contributed by atoms with Crippen molar-refractivity contribution in [1.29, 1.82) is 0 Å². The van der Waals surface area contributed by atoms with E-state index in [9.17, 15) is 14.7 Å². The lowest BCUT2D eigenvalue weighted by Crippen LogP contribution is -2.38. The van der Waals surface area contributed by atoms with E-state index in [1.54, 1.807) is 12.1 Å². The van der Waals surface area contributed by atoms with Crippen molar-refractivity contribution in [3.05, 3.63) is 29.8 Å². The summed E-state index contributed by atoms with van der Waals surface area (Å²) in [6.07, 6.45) is 2.90. The minimum atomic E-state index is -1.02. The third-order valence-electron chi connectivity index (χ3n) is 3.02. The number of unbranched alkanes of at least 4 members (excludes halogenated alkanes) is 2. The molecular formula is C15H21NO5. The number of rotatable bonds is 8. The Bertz CT molecular complexity index is 458. The fourth-order valence-corrected chi connectivity index (χ4v) is 1.80. The predicted molar refractivity (Wildman–Crippen MR) is 75.8 cm³/mol. The first-order chi connectivity index (χ1) is 10.1. The summed E-state index contributed by atoms with van der Waals surface area (Å²) in [5.41, 5.74) is 2.57. The van der Waals surface area contributed by atoms with Crippen molar-refractivity contribution in [2.75, 3.05) is 0 Å². The molecule has 1 aromatic carbocycles. The number of aromatic hydroxyl groups is 1. The van der Waals surface area contributed by atoms with Crippen molar-refractivity contribution in [3.8, 4) is 5.75 Å². The van der Waals surface area contributed by atoms with E-state index < -0.39 is 18.0 Å². The van der Waals surface area contributed by atoms with E-state index in [4.69, 9.17) is 9.94 Å². The normalized spacial score (nSPS) is 11.9. The molecule has 3 N–H and O–H groups in total. The molecule has 6 heteroatoms. The molecule has 0 saturated heterocycles. The molecule has 0 aliphatic heterocycles. The summed E-state index contributed by atoms with van der Waals surface area (Å²) in [5.74, 6) is -1.28. The second kappa shape index (κ2) is 9.10. The SMILES string of the molecule is CCCCCC(=O)OC(=O)C(Cc1ccc(O)cc1)NO. The standard InChI is InChI=1S/C15H21NO5/c1-2-3-4-5-14(18)21-15(19)13(16-20)10-11-6-8-12(17)9-7-11/h6-9,13,16-17,20H,2-5,10H2,1H3. The smallest absolute Gasteiger partial charge is 0.333 e. The molecule has 1 atom stereocenters. The fourth-order valence-electron chi connectivity index (χ4n) is 1.80. The fraction of sp³-hybridized carbons (Fsp3) is 0.467. The lowest BCUT2D eigenvalue weighted by Gasteiger charge is -2.13. The van der Waals surface area contributed by atoms with Gasteiger partial charge in [-0.1, -0.05) is 31.9 Å². The summed E-state index contributed by atoms with van der Waals surface area (Å²) in [6, 6.07) is 5.17. The highest BCUT2D eigenvalue weighted by molar-refractivity contribution is 5.88. The number of hydrogen-bond acceptors (Lipinski definition) is 6. The van der Waals surface area contributed by atoms with E-state index in [1.165, 1.54) is 12.1 Å². The van der Waals surface area contributed by atoms with Crippen LogP contribution in [0.3, 0.4) is 0 Å². The number of carbonyl (C=O) groups excluding carboxylic acids is 2. The van der Waals surface area contributed by atoms with Gasteiger partial charge >= 0.3 is 11.9 Å². The molecule has 0 radical (unpaired) electrons. The van der Waals surface area contributed by atoms with E-state index in [1.807, 2.05) is 12.4 Å². The topological polar surface area (TPSA) is 95.9 Å². The van der Waals surface area contributed by atoms with Gasteiger partial charge in [-0.3, -0.25) is 4.79 Å². The van der Waals surface area contributed by atoms with Crippen LogP contribution in [0, 0.1) is 0 Å². The van der Waals surface area contributed by atoms with Gasteiger partial charge in [-0.15, -0.1) is 0 Å². The van der Waals surface area contributed by atoms with E-state index in [2.05, 4.69) is 0 Å². The van der Waals surface area contributed by atoms with Gasteiger partial charge in [0, 0.05) is 12.8 Å². The van der Waals surface area contributed by atoms with Crippen molar-refractivity contribution in [3.63, 3.8) is 0 Å². The maximum absolute atomic E-state index is 11.8. The molecule has 21 heavy (non-hydrogen) atoms. The van der Waals surface area contributed by atoms with Crippen LogP contribution in [0.4, 0.5) is 0 Å². The summed E-state index contributed by atoms with van der Waals surface area (Å²) in [5, 5.41) is 18.2. The molecule has 0 aliphatic carbocycles. The van der Waals surface area contributed by atoms with Crippen LogP contribution in [0.1, 0.15) is 38.2 Å². The predicted octanol–water partition coefficient (Wildman–Crippen LogP) is 1.93. The Labute approximate surface area is 123 Å². The van der Waals surface area contributed by atoms with Crippen LogP contribution < -0.4 is 5.48 Å². The summed E-state index contributed by atoms with van der Waals surface area (Å²) < 4.78 is 4.70. The zero-order valence-corrected chi connectivity index (χ0v) is 12.0. The largest absolute Gasteiger partial charge is 0.508 e. The zero-order chi connectivity index (χ0) is 15.7. The van der Waals surface area contributed by atoms with Gasteiger partial charge in [0.05, 0.1) is 0 Å². The molecule has 1 rings (SSSR count). The van der Waals surface area contributed by atoms with Crippen LogP contribution in [0.25, 0.3) is 0 Å². The minimum absolute atomic E-state index is 0.112. The van der Waals surface area contributed by atoms with Gasteiger partial charge in [-0.2, -0.15) is 5.48 Å². The number of phenols is 1. The summed E-state index contributed by atoms with van der Waals surface area (Å²) in [6.45, 7) is 2.01.